The Morgan fingerprint density at radius 2 is 1.58 bits per heavy atom. The molecule has 1 heterocycles. The molecular weight excluding hydrogens is 372 g/mol. The molecule has 4 N–H and O–H groups in total. The van der Waals surface area contributed by atoms with Gasteiger partial charge in [0.05, 0.1) is 26.4 Å². The van der Waals surface area contributed by atoms with Crippen molar-refractivity contribution in [1.82, 2.24) is 0 Å². The average molecular weight is 415 g/mol. The summed E-state index contributed by atoms with van der Waals surface area (Å²) >= 11 is 0. The summed E-state index contributed by atoms with van der Waals surface area (Å²) in [6, 6.07) is 1.74. The van der Waals surface area contributed by atoms with E-state index in [0.717, 1.165) is 19.8 Å². The van der Waals surface area contributed by atoms with Crippen LogP contribution in [0.15, 0.2) is 0 Å². The van der Waals surface area contributed by atoms with Gasteiger partial charge in [-0.05, 0) is 25.4 Å². The van der Waals surface area contributed by atoms with Crippen molar-refractivity contribution in [3.8, 4) is 0 Å². The Morgan fingerprint density at radius 3 is 2.04 bits per heavy atom. The topological polar surface area (TPSA) is 112 Å². The zero-order valence-corrected chi connectivity index (χ0v) is 18.2. The van der Waals surface area contributed by atoms with Crippen LogP contribution in [0.25, 0.3) is 0 Å². The minimum absolute atomic E-state index is 0. The first-order chi connectivity index (χ1) is 11.5. The Labute approximate surface area is 161 Å². The van der Waals surface area contributed by atoms with E-state index >= 15 is 0 Å². The van der Waals surface area contributed by atoms with Gasteiger partial charge in [0, 0.05) is 21.3 Å². The van der Waals surface area contributed by atoms with Crippen LogP contribution in [0.1, 0.15) is 20.3 Å². The second kappa shape index (κ2) is 15.1. The maximum atomic E-state index is 9.02. The van der Waals surface area contributed by atoms with Crippen LogP contribution in [0.4, 0.5) is 0 Å². The Kier molecular flexibility index (Phi) is 16.5. The van der Waals surface area contributed by atoms with Gasteiger partial charge >= 0.3 is 8.56 Å². The summed E-state index contributed by atoms with van der Waals surface area (Å²) in [4.78, 5) is 18.0. The lowest BCUT2D eigenvalue weighted by Crippen LogP contribution is -2.30. The molecule has 7 nitrogen and oxygen atoms in total. The second-order valence-electron chi connectivity index (χ2n) is 7.93. The smallest absolute Gasteiger partial charge is 0.329 e. The van der Waals surface area contributed by atoms with Crippen molar-refractivity contribution in [2.75, 3.05) is 39.6 Å². The second-order valence-corrected chi connectivity index (χ2v) is 16.5. The number of ether oxygens (including phenoxy) is 3. The van der Waals surface area contributed by atoms with Gasteiger partial charge in [0.15, 0.2) is 0 Å². The molecule has 0 aromatic carbocycles. The fraction of sp³-hybridized carbons (Fsp3) is 1.00. The Hall–Kier alpha value is 0.154. The van der Waals surface area contributed by atoms with Crippen LogP contribution >= 0.6 is 0 Å². The van der Waals surface area contributed by atoms with Crippen molar-refractivity contribution < 1.29 is 34.0 Å². The molecule has 0 aromatic heterocycles. The van der Waals surface area contributed by atoms with Crippen molar-refractivity contribution >= 4 is 16.6 Å². The number of epoxide rings is 1. The van der Waals surface area contributed by atoms with E-state index in [0.29, 0.717) is 25.2 Å². The molecule has 0 spiro atoms. The number of rotatable bonds is 13. The summed E-state index contributed by atoms with van der Waals surface area (Å²) in [5.41, 5.74) is 0. The molecule has 2 unspecified atom stereocenters. The van der Waals surface area contributed by atoms with Gasteiger partial charge in [-0.25, -0.2) is 0 Å². The third-order valence-corrected chi connectivity index (χ3v) is 6.54. The maximum Gasteiger partial charge on any atom is 0.329 e. The molecular formula is C17H42O7Si2. The molecule has 1 rings (SSSR count). The maximum absolute atomic E-state index is 9.02. The van der Waals surface area contributed by atoms with Gasteiger partial charge in [0.2, 0.25) is 0 Å². The highest BCUT2D eigenvalue weighted by molar-refractivity contribution is 6.76. The van der Waals surface area contributed by atoms with Crippen LogP contribution in [-0.4, -0.2) is 88.3 Å². The minimum Gasteiger partial charge on any atom is -0.411 e. The number of hydrogen-bond donors (Lipinski definition) is 4. The highest BCUT2D eigenvalue weighted by Crippen LogP contribution is 2.12. The van der Waals surface area contributed by atoms with E-state index in [1.54, 1.807) is 0 Å². The largest absolute Gasteiger partial charge is 0.411 e. The molecule has 0 saturated carbocycles. The monoisotopic (exact) mass is 414 g/mol. The molecule has 2 atom stereocenters. The van der Waals surface area contributed by atoms with E-state index in [9.17, 15) is 0 Å². The quantitative estimate of drug-likeness (QED) is 0.206. The van der Waals surface area contributed by atoms with Crippen LogP contribution in [0, 0.1) is 0 Å². The van der Waals surface area contributed by atoms with Gasteiger partial charge < -0.3 is 34.0 Å². The van der Waals surface area contributed by atoms with Gasteiger partial charge in [-0.2, -0.15) is 0 Å². The van der Waals surface area contributed by atoms with E-state index in [-0.39, 0.29) is 20.6 Å². The van der Waals surface area contributed by atoms with Gasteiger partial charge in [-0.1, -0.05) is 33.1 Å². The molecule has 0 aromatic rings. The lowest BCUT2D eigenvalue weighted by molar-refractivity contribution is 0.00622. The van der Waals surface area contributed by atoms with Crippen LogP contribution in [-0.2, 0) is 14.2 Å². The number of aliphatic hydroxyl groups excluding tert-OH is 2. The Morgan fingerprint density at radius 1 is 1.04 bits per heavy atom. The first kappa shape index (κ1) is 28.4. The van der Waals surface area contributed by atoms with Crippen molar-refractivity contribution in [3.63, 3.8) is 0 Å². The summed E-state index contributed by atoms with van der Waals surface area (Å²) < 4.78 is 15.5. The third-order valence-electron chi connectivity index (χ3n) is 3.38. The predicted molar refractivity (Wildman–Crippen MR) is 109 cm³/mol. The van der Waals surface area contributed by atoms with E-state index in [1.807, 2.05) is 0 Å². The molecule has 0 bridgehead atoms. The van der Waals surface area contributed by atoms with E-state index in [2.05, 4.69) is 19.6 Å². The van der Waals surface area contributed by atoms with Crippen molar-refractivity contribution in [2.24, 2.45) is 0 Å². The molecule has 1 aliphatic rings. The SMILES string of the molecule is C.C[Si](C)(C)CCCOCC1CO1.C[Si](O)(O)CCCOCC(O)CO. The molecule has 0 radical (unpaired) electrons. The van der Waals surface area contributed by atoms with Crippen LogP contribution in [0.3, 0.4) is 0 Å². The van der Waals surface area contributed by atoms with Crippen LogP contribution < -0.4 is 0 Å². The highest BCUT2D eigenvalue weighted by atomic mass is 28.4. The van der Waals surface area contributed by atoms with Gasteiger partial charge in [0.25, 0.3) is 0 Å². The summed E-state index contributed by atoms with van der Waals surface area (Å²) in [7, 11) is -3.76. The summed E-state index contributed by atoms with van der Waals surface area (Å²) in [6.07, 6.45) is 1.37. The molecule has 1 fully saturated rings. The lowest BCUT2D eigenvalue weighted by Gasteiger charge is -2.14. The fourth-order valence-electron chi connectivity index (χ4n) is 1.86. The van der Waals surface area contributed by atoms with Crippen molar-refractivity contribution in [2.45, 2.75) is 70.8 Å². The molecule has 1 aliphatic heterocycles. The molecule has 0 aliphatic carbocycles. The third kappa shape index (κ3) is 24.2. The van der Waals surface area contributed by atoms with Gasteiger partial charge in [0.1, 0.15) is 12.2 Å². The predicted octanol–water partition coefficient (Wildman–Crippen LogP) is 1.57. The summed E-state index contributed by atoms with van der Waals surface area (Å²) in [5, 5.41) is 17.3. The van der Waals surface area contributed by atoms with E-state index < -0.39 is 22.7 Å². The zero-order valence-electron chi connectivity index (χ0n) is 16.2. The molecule has 26 heavy (non-hydrogen) atoms. The standard InChI is InChI=1S/C9H20O2Si.C7H18O5Si.CH4/c1-12(2,3)6-4-5-10-7-9-8-11-9;1-13(10,11)4-2-3-12-6-7(9)5-8;/h9H,4-8H2,1-3H3;7-11H,2-6H2,1H3;1H4. The van der Waals surface area contributed by atoms with Crippen molar-refractivity contribution in [1.29, 1.82) is 0 Å². The highest BCUT2D eigenvalue weighted by Gasteiger charge is 2.22. The molecule has 160 valence electrons. The number of aliphatic hydroxyl groups is 2. The van der Waals surface area contributed by atoms with Gasteiger partial charge in [-0.3, -0.25) is 0 Å². The van der Waals surface area contributed by atoms with E-state index in [1.165, 1.54) is 19.0 Å². The first-order valence-electron chi connectivity index (χ1n) is 9.04. The molecule has 9 heteroatoms. The lowest BCUT2D eigenvalue weighted by atomic mass is 10.4. The number of hydrogen-bond acceptors (Lipinski definition) is 7. The average Bonchev–Trinajstić information content (AvgIpc) is 3.29. The normalized spacial score (nSPS) is 17.8. The zero-order chi connectivity index (χ0) is 19.3. The first-order valence-corrected chi connectivity index (χ1v) is 15.3. The molecule has 0 amide bonds. The fourth-order valence-corrected chi connectivity index (χ4v) is 3.88. The summed E-state index contributed by atoms with van der Waals surface area (Å²) in [6.45, 7) is 11.4. The Bertz CT molecular complexity index is 315. The van der Waals surface area contributed by atoms with Crippen LogP contribution in [0.2, 0.25) is 38.3 Å². The van der Waals surface area contributed by atoms with Crippen molar-refractivity contribution in [3.05, 3.63) is 0 Å². The molecule has 1 saturated heterocycles. The van der Waals surface area contributed by atoms with E-state index in [4.69, 9.17) is 34.0 Å². The van der Waals surface area contributed by atoms with Crippen LogP contribution in [0.5, 0.6) is 0 Å². The Balaban J connectivity index is 0. The van der Waals surface area contributed by atoms with Gasteiger partial charge in [-0.15, -0.1) is 0 Å². The summed E-state index contributed by atoms with van der Waals surface area (Å²) in [5.74, 6) is 0. The minimum atomic E-state index is -2.93.